The molecule has 0 aliphatic carbocycles. The highest BCUT2D eigenvalue weighted by molar-refractivity contribution is 6.01. The van der Waals surface area contributed by atoms with Crippen LogP contribution in [0, 0.1) is 30.3 Å². The maximum absolute atomic E-state index is 13.9. The van der Waals surface area contributed by atoms with Crippen molar-refractivity contribution in [3.63, 3.8) is 0 Å². The molecule has 16 heteroatoms. The van der Waals surface area contributed by atoms with E-state index in [2.05, 4.69) is 0 Å². The summed E-state index contributed by atoms with van der Waals surface area (Å²) < 4.78 is 10.8. The number of nitrogens with zero attached hydrogens (tertiary/aromatic N) is 5. The molecule has 0 aromatic heterocycles. The van der Waals surface area contributed by atoms with Crippen LogP contribution in [0.2, 0.25) is 0 Å². The first-order valence-corrected chi connectivity index (χ1v) is 13.7. The van der Waals surface area contributed by atoms with Gasteiger partial charge < -0.3 is 9.47 Å². The number of hydrogen-bond donors (Lipinski definition) is 0. The lowest BCUT2D eigenvalue weighted by Crippen LogP contribution is -2.52. The third-order valence-corrected chi connectivity index (χ3v) is 7.08. The normalized spacial score (nSPS) is 16.4. The number of nitro benzene ring substituents is 1. The van der Waals surface area contributed by atoms with Crippen molar-refractivity contribution < 1.29 is 33.9 Å². The third kappa shape index (κ3) is 7.44. The lowest BCUT2D eigenvalue weighted by Gasteiger charge is -2.35. The third-order valence-electron chi connectivity index (χ3n) is 7.08. The van der Waals surface area contributed by atoms with Crippen LogP contribution in [0.3, 0.4) is 0 Å². The van der Waals surface area contributed by atoms with Crippen LogP contribution in [0.1, 0.15) is 45.7 Å². The Hall–Kier alpha value is -4.89. The molecule has 0 bridgehead atoms. The Labute approximate surface area is 264 Å². The fourth-order valence-electron chi connectivity index (χ4n) is 5.17. The monoisotopic (exact) mass is 647 g/mol. The highest BCUT2D eigenvalue weighted by Gasteiger charge is 2.65. The van der Waals surface area contributed by atoms with Crippen LogP contribution in [0.4, 0.5) is 5.69 Å². The van der Waals surface area contributed by atoms with Gasteiger partial charge in [0.1, 0.15) is 29.1 Å². The van der Waals surface area contributed by atoms with Crippen LogP contribution in [-0.2, 0) is 31.1 Å². The molecule has 0 N–H and O–H groups in total. The summed E-state index contributed by atoms with van der Waals surface area (Å²) in [6.45, 7) is 8.08. The second kappa shape index (κ2) is 15.2. The van der Waals surface area contributed by atoms with E-state index >= 15 is 0 Å². The van der Waals surface area contributed by atoms with Crippen LogP contribution in [0.25, 0.3) is 0 Å². The van der Waals surface area contributed by atoms with Gasteiger partial charge in [-0.1, -0.05) is 54.4 Å². The molecule has 1 aliphatic rings. The van der Waals surface area contributed by atoms with E-state index in [1.54, 1.807) is 0 Å². The van der Waals surface area contributed by atoms with Crippen molar-refractivity contribution in [1.29, 1.82) is 0 Å². The van der Waals surface area contributed by atoms with Crippen LogP contribution < -0.4 is 0 Å². The van der Waals surface area contributed by atoms with Crippen LogP contribution in [-0.4, -0.2) is 62.5 Å². The van der Waals surface area contributed by atoms with E-state index in [1.807, 2.05) is 42.2 Å². The standard InChI is InChI=1S/C29H33N5O10.ClH/c1-6-30(18-22-11-8-7-9-12-22)15-16-43-27(35)25-20(4)31(34(41)42)21(5)26(28(36)44-19(2)3)29(25,33(39)40)23-13-10-14-24(17-23)32(37)38;/h7-14,17,19H,6,15-16,18H2,1-5H3;1H. The summed E-state index contributed by atoms with van der Waals surface area (Å²) in [5.74, 6) is -2.62. The van der Waals surface area contributed by atoms with Gasteiger partial charge in [-0.05, 0) is 39.8 Å². The van der Waals surface area contributed by atoms with Gasteiger partial charge in [0, 0.05) is 35.7 Å². The first-order chi connectivity index (χ1) is 20.8. The van der Waals surface area contributed by atoms with E-state index in [-0.39, 0.29) is 25.6 Å². The molecule has 1 unspecified atom stereocenters. The average Bonchev–Trinajstić information content (AvgIpc) is 2.95. The van der Waals surface area contributed by atoms with Crippen LogP contribution >= 0.6 is 12.4 Å². The summed E-state index contributed by atoms with van der Waals surface area (Å²) in [5.41, 5.74) is -5.70. The Bertz CT molecular complexity index is 1530. The minimum atomic E-state index is -2.95. The number of rotatable bonds is 13. The summed E-state index contributed by atoms with van der Waals surface area (Å²) in [5, 5.41) is 36.5. The summed E-state index contributed by atoms with van der Waals surface area (Å²) in [7, 11) is 0. The van der Waals surface area contributed by atoms with Gasteiger partial charge in [-0.25, -0.2) is 19.7 Å². The van der Waals surface area contributed by atoms with Gasteiger partial charge in [-0.2, -0.15) is 0 Å². The van der Waals surface area contributed by atoms with E-state index in [9.17, 15) is 39.9 Å². The molecule has 1 atom stereocenters. The molecule has 0 saturated carbocycles. The predicted molar refractivity (Wildman–Crippen MR) is 163 cm³/mol. The zero-order chi connectivity index (χ0) is 32.8. The zero-order valence-corrected chi connectivity index (χ0v) is 26.1. The van der Waals surface area contributed by atoms with Gasteiger partial charge in [-0.3, -0.25) is 25.1 Å². The number of nitro groups is 3. The van der Waals surface area contributed by atoms with Crippen LogP contribution in [0.15, 0.2) is 77.1 Å². The Morgan fingerprint density at radius 2 is 1.53 bits per heavy atom. The number of benzene rings is 2. The number of halogens is 1. The second-order valence-electron chi connectivity index (χ2n) is 10.2. The summed E-state index contributed by atoms with van der Waals surface area (Å²) >= 11 is 0. The van der Waals surface area contributed by atoms with Gasteiger partial charge in [-0.15, -0.1) is 12.4 Å². The molecule has 2 aromatic rings. The lowest BCUT2D eigenvalue weighted by molar-refractivity contribution is -0.636. The molecular formula is C29H34ClN5O10. The quantitative estimate of drug-likeness (QED) is 0.168. The highest BCUT2D eigenvalue weighted by atomic mass is 35.5. The average molecular weight is 648 g/mol. The number of hydrazine groups is 1. The molecule has 0 amide bonds. The number of carbonyl (C=O) groups is 2. The first-order valence-electron chi connectivity index (χ1n) is 13.7. The fourth-order valence-corrected chi connectivity index (χ4v) is 5.17. The number of esters is 2. The SMILES string of the molecule is CCN(CCOC(=O)C1=C(C)N([N+](=O)[O-])C(C)=C(C(=O)OC(C)C)C1(c1cccc([N+](=O)[O-])c1)[N+](=O)[O-])Cc1ccccc1.Cl. The van der Waals surface area contributed by atoms with Crippen molar-refractivity contribution in [3.05, 3.63) is 119 Å². The number of ether oxygens (including phenoxy) is 2. The van der Waals surface area contributed by atoms with E-state index in [0.717, 1.165) is 43.7 Å². The smallest absolute Gasteiger partial charge is 0.344 e. The number of carbonyl (C=O) groups excluding carboxylic acids is 2. The molecule has 15 nitrogen and oxygen atoms in total. The highest BCUT2D eigenvalue weighted by Crippen LogP contribution is 2.49. The van der Waals surface area contributed by atoms with E-state index in [1.165, 1.54) is 13.8 Å². The molecule has 242 valence electrons. The molecule has 0 radical (unpaired) electrons. The Kier molecular flexibility index (Phi) is 12.3. The summed E-state index contributed by atoms with van der Waals surface area (Å²) in [6.07, 6.45) is -0.812. The van der Waals surface area contributed by atoms with Gasteiger partial charge in [0.2, 0.25) is 0 Å². The van der Waals surface area contributed by atoms with Gasteiger partial charge >= 0.3 is 17.5 Å². The largest absolute Gasteiger partial charge is 0.461 e. The van der Waals surface area contributed by atoms with Crippen molar-refractivity contribution in [2.75, 3.05) is 19.7 Å². The van der Waals surface area contributed by atoms with Crippen molar-refractivity contribution in [2.45, 2.75) is 52.8 Å². The molecule has 3 rings (SSSR count). The molecule has 0 fully saturated rings. The molecule has 45 heavy (non-hydrogen) atoms. The van der Waals surface area contributed by atoms with Crippen molar-refractivity contribution in [1.82, 2.24) is 9.91 Å². The van der Waals surface area contributed by atoms with Crippen molar-refractivity contribution in [2.24, 2.45) is 0 Å². The predicted octanol–water partition coefficient (Wildman–Crippen LogP) is 4.56. The minimum Gasteiger partial charge on any atom is -0.461 e. The lowest BCUT2D eigenvalue weighted by atomic mass is 9.73. The topological polar surface area (TPSA) is 188 Å². The van der Waals surface area contributed by atoms with E-state index in [0.29, 0.717) is 18.1 Å². The fraction of sp³-hybridized carbons (Fsp3) is 0.379. The minimum absolute atomic E-state index is 0. The first kappa shape index (κ1) is 36.3. The Morgan fingerprint density at radius 3 is 2.04 bits per heavy atom. The molecular weight excluding hydrogens is 614 g/mol. The molecule has 2 aromatic carbocycles. The molecule has 1 aliphatic heterocycles. The zero-order valence-electron chi connectivity index (χ0n) is 25.3. The van der Waals surface area contributed by atoms with Crippen molar-refractivity contribution >= 4 is 30.0 Å². The molecule has 0 spiro atoms. The number of allylic oxidation sites excluding steroid dienone is 2. The van der Waals surface area contributed by atoms with Crippen molar-refractivity contribution in [3.8, 4) is 0 Å². The van der Waals surface area contributed by atoms with Crippen LogP contribution in [0.5, 0.6) is 0 Å². The maximum atomic E-state index is 13.9. The number of hydrogen-bond acceptors (Lipinski definition) is 11. The molecule has 0 saturated heterocycles. The van der Waals surface area contributed by atoms with Gasteiger partial charge in [0.25, 0.3) is 5.69 Å². The van der Waals surface area contributed by atoms with E-state index in [4.69, 9.17) is 9.47 Å². The Morgan fingerprint density at radius 1 is 0.933 bits per heavy atom. The number of likely N-dealkylation sites (N-methyl/N-ethyl adjacent to an activating group) is 1. The molecule has 1 heterocycles. The second-order valence-corrected chi connectivity index (χ2v) is 10.2. The summed E-state index contributed by atoms with van der Waals surface area (Å²) in [6, 6.07) is 13.7. The summed E-state index contributed by atoms with van der Waals surface area (Å²) in [4.78, 5) is 64.6. The number of non-ortho nitro benzene ring substituents is 1. The van der Waals surface area contributed by atoms with Gasteiger partial charge in [0.15, 0.2) is 5.03 Å². The maximum Gasteiger partial charge on any atom is 0.344 e. The Balaban J connectivity index is 0.00000705. The van der Waals surface area contributed by atoms with Gasteiger partial charge in [0.05, 0.1) is 11.0 Å². The van der Waals surface area contributed by atoms with E-state index < -0.39 is 72.3 Å².